The van der Waals surface area contributed by atoms with Gasteiger partial charge in [-0.25, -0.2) is 14.1 Å². The first-order chi connectivity index (χ1) is 13.8. The van der Waals surface area contributed by atoms with Gasteiger partial charge in [-0.1, -0.05) is 12.1 Å². The molecule has 3 aromatic heterocycles. The van der Waals surface area contributed by atoms with Crippen molar-refractivity contribution in [1.29, 1.82) is 0 Å². The number of hydrogen-bond donors (Lipinski definition) is 0. The predicted octanol–water partition coefficient (Wildman–Crippen LogP) is 2.85. The summed E-state index contributed by atoms with van der Waals surface area (Å²) in [5.41, 5.74) is 2.86. The molecule has 140 valence electrons. The van der Waals surface area contributed by atoms with Crippen LogP contribution in [0.15, 0.2) is 54.9 Å². The molecule has 4 aromatic rings. The second kappa shape index (κ2) is 6.97. The number of fused-ring (bicyclic) bond motifs is 1. The van der Waals surface area contributed by atoms with Crippen LogP contribution < -0.4 is 4.90 Å². The molecule has 0 saturated carbocycles. The first kappa shape index (κ1) is 16.8. The van der Waals surface area contributed by atoms with Gasteiger partial charge in [-0.05, 0) is 30.3 Å². The Kier molecular flexibility index (Phi) is 4.17. The van der Waals surface area contributed by atoms with Gasteiger partial charge in [0, 0.05) is 31.0 Å². The number of pyridine rings is 1. The summed E-state index contributed by atoms with van der Waals surface area (Å²) in [5.74, 6) is 0.922. The number of halogens is 1. The van der Waals surface area contributed by atoms with Crippen molar-refractivity contribution >= 4 is 16.9 Å². The zero-order chi connectivity index (χ0) is 18.9. The van der Waals surface area contributed by atoms with Gasteiger partial charge in [-0.15, -0.1) is 0 Å². The highest BCUT2D eigenvalue weighted by molar-refractivity contribution is 5.86. The topological polar surface area (TPSA) is 69.0 Å². The number of hydrogen-bond acceptors (Lipinski definition) is 6. The molecule has 1 aromatic carbocycles. The minimum absolute atomic E-state index is 0.297. The van der Waals surface area contributed by atoms with E-state index < -0.39 is 0 Å². The highest BCUT2D eigenvalue weighted by atomic mass is 19.1. The first-order valence-electron chi connectivity index (χ1n) is 9.05. The maximum atomic E-state index is 13.5. The monoisotopic (exact) mass is 376 g/mol. The Morgan fingerprint density at radius 2 is 1.89 bits per heavy atom. The van der Waals surface area contributed by atoms with Crippen molar-refractivity contribution in [2.24, 2.45) is 0 Å². The quantitative estimate of drug-likeness (QED) is 0.548. The van der Waals surface area contributed by atoms with Gasteiger partial charge < -0.3 is 9.64 Å². The lowest BCUT2D eigenvalue weighted by atomic mass is 10.1. The van der Waals surface area contributed by atoms with Gasteiger partial charge in [0.2, 0.25) is 0 Å². The van der Waals surface area contributed by atoms with E-state index in [1.54, 1.807) is 23.1 Å². The van der Waals surface area contributed by atoms with Gasteiger partial charge in [0.1, 0.15) is 11.3 Å². The van der Waals surface area contributed by atoms with Crippen molar-refractivity contribution in [3.63, 3.8) is 0 Å². The van der Waals surface area contributed by atoms with Gasteiger partial charge in [0.05, 0.1) is 24.4 Å². The Balaban J connectivity index is 1.59. The molecule has 8 heteroatoms. The summed E-state index contributed by atoms with van der Waals surface area (Å²) in [4.78, 5) is 16.0. The van der Waals surface area contributed by atoms with E-state index in [0.717, 1.165) is 29.9 Å². The van der Waals surface area contributed by atoms with E-state index in [1.165, 1.54) is 12.1 Å². The third-order valence-electron chi connectivity index (χ3n) is 4.65. The van der Waals surface area contributed by atoms with Crippen LogP contribution in [0.5, 0.6) is 0 Å². The summed E-state index contributed by atoms with van der Waals surface area (Å²) < 4.78 is 20.6. The van der Waals surface area contributed by atoms with Crippen molar-refractivity contribution in [3.8, 4) is 17.2 Å². The average molecular weight is 376 g/mol. The SMILES string of the molecule is Fc1cccc(-c2ccn(-c3nc(N4CCOCC4)c4ncccc4n3)n2)c1. The van der Waals surface area contributed by atoms with Crippen LogP contribution in [0.25, 0.3) is 28.2 Å². The molecule has 0 N–H and O–H groups in total. The van der Waals surface area contributed by atoms with Crippen LogP contribution in [0.1, 0.15) is 0 Å². The molecule has 1 saturated heterocycles. The number of morpholine rings is 1. The number of aromatic nitrogens is 5. The average Bonchev–Trinajstić information content (AvgIpc) is 3.24. The summed E-state index contributed by atoms with van der Waals surface area (Å²) >= 11 is 0. The molecule has 5 rings (SSSR count). The van der Waals surface area contributed by atoms with Crippen molar-refractivity contribution in [3.05, 3.63) is 60.7 Å². The zero-order valence-corrected chi connectivity index (χ0v) is 15.0. The fourth-order valence-corrected chi connectivity index (χ4v) is 3.27. The number of nitrogens with zero attached hydrogens (tertiary/aromatic N) is 6. The molecule has 1 aliphatic rings. The highest BCUT2D eigenvalue weighted by Crippen LogP contribution is 2.24. The lowest BCUT2D eigenvalue weighted by Crippen LogP contribution is -2.37. The standard InChI is InChI=1S/C20H17FN6O/c21-15-4-1-3-14(13-15)16-6-8-27(25-16)20-23-17-5-2-7-22-18(17)19(24-20)26-9-11-28-12-10-26/h1-8,13H,9-12H2. The molecular formula is C20H17FN6O. The molecule has 0 bridgehead atoms. The van der Waals surface area contributed by atoms with Gasteiger partial charge >= 0.3 is 0 Å². The summed E-state index contributed by atoms with van der Waals surface area (Å²) in [7, 11) is 0. The Hall–Kier alpha value is -3.39. The van der Waals surface area contributed by atoms with E-state index >= 15 is 0 Å². The predicted molar refractivity (Wildman–Crippen MR) is 103 cm³/mol. The number of anilines is 1. The van der Waals surface area contributed by atoms with E-state index in [-0.39, 0.29) is 5.82 Å². The molecule has 28 heavy (non-hydrogen) atoms. The van der Waals surface area contributed by atoms with Gasteiger partial charge in [-0.2, -0.15) is 10.1 Å². The third-order valence-corrected chi connectivity index (χ3v) is 4.65. The summed E-state index contributed by atoms with van der Waals surface area (Å²) in [6.45, 7) is 2.80. The fraction of sp³-hybridized carbons (Fsp3) is 0.200. The van der Waals surface area contributed by atoms with E-state index in [1.807, 2.05) is 24.3 Å². The second-order valence-electron chi connectivity index (χ2n) is 6.47. The van der Waals surface area contributed by atoms with Crippen LogP contribution in [0.2, 0.25) is 0 Å². The van der Waals surface area contributed by atoms with E-state index in [0.29, 0.717) is 30.4 Å². The minimum atomic E-state index is -0.297. The Labute approximate surface area is 160 Å². The molecule has 1 aliphatic heterocycles. The molecule has 1 fully saturated rings. The van der Waals surface area contributed by atoms with Crippen molar-refractivity contribution < 1.29 is 9.13 Å². The Bertz CT molecular complexity index is 1140. The van der Waals surface area contributed by atoms with Gasteiger partial charge in [-0.3, -0.25) is 4.98 Å². The van der Waals surface area contributed by atoms with E-state index in [2.05, 4.69) is 20.0 Å². The number of ether oxygens (including phenoxy) is 1. The largest absolute Gasteiger partial charge is 0.378 e. The molecule has 0 radical (unpaired) electrons. The smallest absolute Gasteiger partial charge is 0.253 e. The lowest BCUT2D eigenvalue weighted by Gasteiger charge is -2.28. The molecule has 0 unspecified atom stereocenters. The highest BCUT2D eigenvalue weighted by Gasteiger charge is 2.19. The van der Waals surface area contributed by atoms with Gasteiger partial charge in [0.25, 0.3) is 5.95 Å². The first-order valence-corrected chi connectivity index (χ1v) is 9.05. The fourth-order valence-electron chi connectivity index (χ4n) is 3.27. The van der Waals surface area contributed by atoms with Crippen LogP contribution in [-0.2, 0) is 4.74 Å². The van der Waals surface area contributed by atoms with Crippen molar-refractivity contribution in [2.45, 2.75) is 0 Å². The third kappa shape index (κ3) is 3.07. The Morgan fingerprint density at radius 1 is 1.00 bits per heavy atom. The normalized spacial score (nSPS) is 14.5. The van der Waals surface area contributed by atoms with E-state index in [4.69, 9.17) is 9.72 Å². The molecule has 0 amide bonds. The van der Waals surface area contributed by atoms with Crippen molar-refractivity contribution in [2.75, 3.05) is 31.2 Å². The molecule has 0 atom stereocenters. The van der Waals surface area contributed by atoms with Crippen LogP contribution in [0.4, 0.5) is 10.2 Å². The van der Waals surface area contributed by atoms with E-state index in [9.17, 15) is 4.39 Å². The molecule has 0 spiro atoms. The van der Waals surface area contributed by atoms with Gasteiger partial charge in [0.15, 0.2) is 5.82 Å². The Morgan fingerprint density at radius 3 is 2.75 bits per heavy atom. The van der Waals surface area contributed by atoms with Crippen LogP contribution in [-0.4, -0.2) is 51.0 Å². The lowest BCUT2D eigenvalue weighted by molar-refractivity contribution is 0.122. The summed E-state index contributed by atoms with van der Waals surface area (Å²) in [5, 5.41) is 4.55. The molecule has 7 nitrogen and oxygen atoms in total. The maximum Gasteiger partial charge on any atom is 0.253 e. The van der Waals surface area contributed by atoms with Crippen LogP contribution >= 0.6 is 0 Å². The maximum absolute atomic E-state index is 13.5. The molecule has 4 heterocycles. The minimum Gasteiger partial charge on any atom is -0.378 e. The van der Waals surface area contributed by atoms with Crippen LogP contribution in [0, 0.1) is 5.82 Å². The zero-order valence-electron chi connectivity index (χ0n) is 15.0. The van der Waals surface area contributed by atoms with Crippen molar-refractivity contribution in [1.82, 2.24) is 24.7 Å². The second-order valence-corrected chi connectivity index (χ2v) is 6.47. The molecule has 0 aliphatic carbocycles. The summed E-state index contributed by atoms with van der Waals surface area (Å²) in [6.07, 6.45) is 3.52. The van der Waals surface area contributed by atoms with Crippen LogP contribution in [0.3, 0.4) is 0 Å². The molecular weight excluding hydrogens is 359 g/mol. The summed E-state index contributed by atoms with van der Waals surface area (Å²) in [6, 6.07) is 11.9. The number of rotatable bonds is 3. The number of benzene rings is 1.